The molecular weight excluding hydrogens is 252 g/mol. The number of unbranched alkanes of at least 4 members (excludes halogenated alkanes) is 8. The average molecular weight is 286 g/mol. The van der Waals surface area contributed by atoms with E-state index in [-0.39, 0.29) is 0 Å². The van der Waals surface area contributed by atoms with Crippen molar-refractivity contribution in [1.82, 2.24) is 0 Å². The molecule has 0 rings (SSSR count). The zero-order valence-corrected chi connectivity index (χ0v) is 13.5. The van der Waals surface area contributed by atoms with E-state index < -0.39 is 5.97 Å². The second kappa shape index (κ2) is 14.8. The first kappa shape index (κ1) is 19.4. The molecule has 0 saturated carbocycles. The minimum Gasteiger partial charge on any atom is -0.481 e. The van der Waals surface area contributed by atoms with Crippen LogP contribution in [0.5, 0.6) is 0 Å². The fourth-order valence-corrected chi connectivity index (χ4v) is 2.53. The van der Waals surface area contributed by atoms with Gasteiger partial charge >= 0.3 is 5.97 Å². The Morgan fingerprint density at radius 2 is 1.40 bits per heavy atom. The van der Waals surface area contributed by atoms with Crippen molar-refractivity contribution >= 4 is 5.97 Å². The number of carboxylic acids is 1. The second-order valence-corrected chi connectivity index (χ2v) is 5.76. The number of carboxylic acid groups (broad SMARTS) is 1. The Bertz CT molecular complexity index is 216. The highest BCUT2D eigenvalue weighted by molar-refractivity contribution is 5.66. The molecule has 20 heavy (non-hydrogen) atoms. The van der Waals surface area contributed by atoms with Gasteiger partial charge in [-0.25, -0.2) is 0 Å². The molecule has 1 unspecified atom stereocenters. The van der Waals surface area contributed by atoms with Gasteiger partial charge in [0.25, 0.3) is 0 Å². The fourth-order valence-electron chi connectivity index (χ4n) is 2.53. The smallest absolute Gasteiger partial charge is 0.303 e. The summed E-state index contributed by atoms with van der Waals surface area (Å²) in [5.41, 5.74) is 0. The van der Waals surface area contributed by atoms with Gasteiger partial charge in [-0.05, 0) is 19.3 Å². The maximum absolute atomic E-state index is 10.4. The van der Waals surface area contributed by atoms with Gasteiger partial charge in [-0.1, -0.05) is 64.7 Å². The third-order valence-electron chi connectivity index (χ3n) is 3.88. The SMILES string of the molecule is CCCCCCCCCC(CCCCCC(=O)O)OC. The van der Waals surface area contributed by atoms with Gasteiger partial charge in [0.15, 0.2) is 0 Å². The van der Waals surface area contributed by atoms with E-state index in [0.29, 0.717) is 12.5 Å². The van der Waals surface area contributed by atoms with Gasteiger partial charge in [0.2, 0.25) is 0 Å². The number of carbonyl (C=O) groups is 1. The Morgan fingerprint density at radius 3 is 1.90 bits per heavy atom. The van der Waals surface area contributed by atoms with Crippen LogP contribution in [0.15, 0.2) is 0 Å². The van der Waals surface area contributed by atoms with Crippen LogP contribution in [0.2, 0.25) is 0 Å². The lowest BCUT2D eigenvalue weighted by Gasteiger charge is -2.14. The number of methoxy groups -OCH3 is 1. The molecule has 0 radical (unpaired) electrons. The van der Waals surface area contributed by atoms with Crippen molar-refractivity contribution in [3.05, 3.63) is 0 Å². The summed E-state index contributed by atoms with van der Waals surface area (Å²) < 4.78 is 5.51. The van der Waals surface area contributed by atoms with Crippen LogP contribution in [-0.2, 0) is 9.53 Å². The van der Waals surface area contributed by atoms with E-state index in [0.717, 1.165) is 32.1 Å². The van der Waals surface area contributed by atoms with Crippen LogP contribution >= 0.6 is 0 Å². The fraction of sp³-hybridized carbons (Fsp3) is 0.941. The van der Waals surface area contributed by atoms with E-state index in [9.17, 15) is 4.79 Å². The molecule has 0 spiro atoms. The van der Waals surface area contributed by atoms with Crippen molar-refractivity contribution in [3.63, 3.8) is 0 Å². The standard InChI is InChI=1S/C17H34O3/c1-3-4-5-6-7-8-10-13-16(20-2)14-11-9-12-15-17(18)19/h16H,3-15H2,1-2H3,(H,18,19). The van der Waals surface area contributed by atoms with Crippen LogP contribution in [0.4, 0.5) is 0 Å². The number of rotatable bonds is 15. The van der Waals surface area contributed by atoms with Gasteiger partial charge in [0.1, 0.15) is 0 Å². The molecule has 3 heteroatoms. The van der Waals surface area contributed by atoms with E-state index >= 15 is 0 Å². The van der Waals surface area contributed by atoms with Crippen LogP contribution in [-0.4, -0.2) is 24.3 Å². The van der Waals surface area contributed by atoms with E-state index in [2.05, 4.69) is 6.92 Å². The Hall–Kier alpha value is -0.570. The lowest BCUT2D eigenvalue weighted by atomic mass is 10.0. The number of aliphatic carboxylic acids is 1. The third kappa shape index (κ3) is 13.9. The van der Waals surface area contributed by atoms with E-state index in [1.165, 1.54) is 44.9 Å². The van der Waals surface area contributed by atoms with E-state index in [1.54, 1.807) is 7.11 Å². The lowest BCUT2D eigenvalue weighted by molar-refractivity contribution is -0.137. The largest absolute Gasteiger partial charge is 0.481 e. The highest BCUT2D eigenvalue weighted by Gasteiger charge is 2.07. The van der Waals surface area contributed by atoms with Gasteiger partial charge in [-0.15, -0.1) is 0 Å². The van der Waals surface area contributed by atoms with Crippen molar-refractivity contribution < 1.29 is 14.6 Å². The van der Waals surface area contributed by atoms with Gasteiger partial charge in [-0.3, -0.25) is 4.79 Å². The first-order valence-electron chi connectivity index (χ1n) is 8.45. The number of ether oxygens (including phenoxy) is 1. The summed E-state index contributed by atoms with van der Waals surface area (Å²) in [4.78, 5) is 10.4. The Morgan fingerprint density at radius 1 is 0.900 bits per heavy atom. The maximum atomic E-state index is 10.4. The van der Waals surface area contributed by atoms with Gasteiger partial charge in [-0.2, -0.15) is 0 Å². The monoisotopic (exact) mass is 286 g/mol. The summed E-state index contributed by atoms with van der Waals surface area (Å²) >= 11 is 0. The highest BCUT2D eigenvalue weighted by atomic mass is 16.5. The summed E-state index contributed by atoms with van der Waals surface area (Å²) in [6.45, 7) is 2.25. The van der Waals surface area contributed by atoms with Gasteiger partial charge in [0.05, 0.1) is 6.10 Å². The van der Waals surface area contributed by atoms with Crippen LogP contribution in [0.1, 0.15) is 90.4 Å². The second-order valence-electron chi connectivity index (χ2n) is 5.76. The first-order chi connectivity index (χ1) is 9.70. The van der Waals surface area contributed by atoms with Crippen LogP contribution < -0.4 is 0 Å². The molecule has 0 amide bonds. The lowest BCUT2D eigenvalue weighted by Crippen LogP contribution is -2.10. The minimum absolute atomic E-state index is 0.301. The third-order valence-corrected chi connectivity index (χ3v) is 3.88. The molecule has 0 heterocycles. The number of hydrogen-bond donors (Lipinski definition) is 1. The molecule has 0 bridgehead atoms. The van der Waals surface area contributed by atoms with Crippen LogP contribution in [0.3, 0.4) is 0 Å². The van der Waals surface area contributed by atoms with Crippen molar-refractivity contribution in [2.24, 2.45) is 0 Å². The molecule has 120 valence electrons. The Kier molecular flexibility index (Phi) is 14.4. The normalized spacial score (nSPS) is 12.5. The summed E-state index contributed by atoms with van der Waals surface area (Å²) in [5.74, 6) is -0.684. The Labute approximate surface area is 125 Å². The molecular formula is C17H34O3. The predicted molar refractivity (Wildman–Crippen MR) is 84.1 cm³/mol. The summed E-state index contributed by atoms with van der Waals surface area (Å²) in [6.07, 6.45) is 15.2. The predicted octanol–water partition coefficient (Wildman–Crippen LogP) is 5.18. The van der Waals surface area contributed by atoms with Crippen LogP contribution in [0.25, 0.3) is 0 Å². The molecule has 0 fully saturated rings. The van der Waals surface area contributed by atoms with Gasteiger partial charge < -0.3 is 9.84 Å². The summed E-state index contributed by atoms with van der Waals surface area (Å²) in [6, 6.07) is 0. The van der Waals surface area contributed by atoms with Gasteiger partial charge in [0, 0.05) is 13.5 Å². The molecule has 0 aromatic rings. The molecule has 1 atom stereocenters. The molecule has 0 aromatic heterocycles. The molecule has 1 N–H and O–H groups in total. The molecule has 0 aliphatic carbocycles. The van der Waals surface area contributed by atoms with Crippen molar-refractivity contribution in [2.75, 3.05) is 7.11 Å². The Balaban J connectivity index is 3.36. The quantitative estimate of drug-likeness (QED) is 0.422. The molecule has 3 nitrogen and oxygen atoms in total. The van der Waals surface area contributed by atoms with Crippen LogP contribution in [0, 0.1) is 0 Å². The average Bonchev–Trinajstić information content (AvgIpc) is 2.43. The van der Waals surface area contributed by atoms with Crippen molar-refractivity contribution in [1.29, 1.82) is 0 Å². The zero-order chi connectivity index (χ0) is 15.1. The molecule has 0 aromatic carbocycles. The summed E-state index contributed by atoms with van der Waals surface area (Å²) in [5, 5.41) is 8.56. The van der Waals surface area contributed by atoms with Crippen molar-refractivity contribution in [3.8, 4) is 0 Å². The topological polar surface area (TPSA) is 46.5 Å². The summed E-state index contributed by atoms with van der Waals surface area (Å²) in [7, 11) is 1.79. The first-order valence-corrected chi connectivity index (χ1v) is 8.45. The minimum atomic E-state index is -0.684. The van der Waals surface area contributed by atoms with E-state index in [4.69, 9.17) is 9.84 Å². The molecule has 0 aliphatic heterocycles. The van der Waals surface area contributed by atoms with E-state index in [1.807, 2.05) is 0 Å². The zero-order valence-electron chi connectivity index (χ0n) is 13.5. The van der Waals surface area contributed by atoms with Crippen molar-refractivity contribution in [2.45, 2.75) is 96.5 Å². The molecule has 0 saturated heterocycles. The number of hydrogen-bond acceptors (Lipinski definition) is 2. The molecule has 0 aliphatic rings. The highest BCUT2D eigenvalue weighted by Crippen LogP contribution is 2.15. The maximum Gasteiger partial charge on any atom is 0.303 e.